The molecule has 0 aliphatic heterocycles. The zero-order valence-electron chi connectivity index (χ0n) is 20.4. The van der Waals surface area contributed by atoms with Crippen LogP contribution in [0, 0.1) is 12.8 Å². The fourth-order valence-corrected chi connectivity index (χ4v) is 3.79. The van der Waals surface area contributed by atoms with Crippen LogP contribution < -0.4 is 4.74 Å². The number of rotatable bonds is 11. The standard InChI is InChI=1S/C29H29N3O4/c1-21(31-36-19-24-9-5-3-6-10-24)28(29(33)34)17-23-13-15-27(16-14-23)35-20-25-18-30-32(22(25)2)26-11-7-4-8-12-26/h3-16,18,28H,17,19-20H2,1-2H3,(H,33,34)/b31-21+. The quantitative estimate of drug-likeness (QED) is 0.222. The number of ether oxygens (including phenoxy) is 1. The van der Waals surface area contributed by atoms with Crippen LogP contribution >= 0.6 is 0 Å². The highest BCUT2D eigenvalue weighted by Gasteiger charge is 2.22. The molecular weight excluding hydrogens is 454 g/mol. The van der Waals surface area contributed by atoms with Crippen LogP contribution in [0.1, 0.15) is 29.3 Å². The maximum Gasteiger partial charge on any atom is 0.312 e. The van der Waals surface area contributed by atoms with Gasteiger partial charge in [0.05, 0.1) is 17.6 Å². The second-order valence-corrected chi connectivity index (χ2v) is 8.52. The first-order valence-electron chi connectivity index (χ1n) is 11.7. The van der Waals surface area contributed by atoms with Gasteiger partial charge in [-0.1, -0.05) is 65.8 Å². The molecular formula is C29H29N3O4. The first kappa shape index (κ1) is 24.7. The number of carboxylic acids is 1. The lowest BCUT2D eigenvalue weighted by molar-refractivity contribution is -0.139. The molecule has 1 heterocycles. The van der Waals surface area contributed by atoms with Crippen molar-refractivity contribution in [2.75, 3.05) is 0 Å². The van der Waals surface area contributed by atoms with Crippen LogP contribution in [0.25, 0.3) is 5.69 Å². The van der Waals surface area contributed by atoms with Gasteiger partial charge in [0.25, 0.3) is 0 Å². The summed E-state index contributed by atoms with van der Waals surface area (Å²) in [5, 5.41) is 18.3. The fourth-order valence-electron chi connectivity index (χ4n) is 3.79. The zero-order chi connectivity index (χ0) is 25.3. The average molecular weight is 484 g/mol. The van der Waals surface area contributed by atoms with Gasteiger partial charge in [-0.05, 0) is 55.7 Å². The third kappa shape index (κ3) is 6.39. The molecule has 0 aliphatic rings. The van der Waals surface area contributed by atoms with Gasteiger partial charge < -0.3 is 14.7 Å². The number of aliphatic carboxylic acids is 1. The molecule has 1 unspecified atom stereocenters. The Labute approximate surface area is 210 Å². The molecule has 0 bridgehead atoms. The van der Waals surface area contributed by atoms with Gasteiger partial charge in [0, 0.05) is 11.3 Å². The highest BCUT2D eigenvalue weighted by atomic mass is 16.6. The van der Waals surface area contributed by atoms with Crippen molar-refractivity contribution >= 4 is 11.7 Å². The predicted molar refractivity (Wildman–Crippen MR) is 138 cm³/mol. The van der Waals surface area contributed by atoms with E-state index in [1.54, 1.807) is 6.92 Å². The zero-order valence-corrected chi connectivity index (χ0v) is 20.4. The molecule has 0 saturated carbocycles. The van der Waals surface area contributed by atoms with Gasteiger partial charge in [0.2, 0.25) is 0 Å². The molecule has 7 heteroatoms. The van der Waals surface area contributed by atoms with E-state index in [-0.39, 0.29) is 0 Å². The number of benzene rings is 3. The van der Waals surface area contributed by atoms with Crippen molar-refractivity contribution in [3.8, 4) is 11.4 Å². The Morgan fingerprint density at radius 2 is 1.61 bits per heavy atom. The number of hydrogen-bond acceptors (Lipinski definition) is 5. The Morgan fingerprint density at radius 1 is 0.944 bits per heavy atom. The van der Waals surface area contributed by atoms with Crippen molar-refractivity contribution in [3.05, 3.63) is 114 Å². The lowest BCUT2D eigenvalue weighted by atomic mass is 9.95. The first-order valence-corrected chi connectivity index (χ1v) is 11.7. The average Bonchev–Trinajstić information content (AvgIpc) is 3.27. The molecule has 36 heavy (non-hydrogen) atoms. The Hall–Kier alpha value is -4.39. The summed E-state index contributed by atoms with van der Waals surface area (Å²) in [6, 6.07) is 27.0. The smallest absolute Gasteiger partial charge is 0.312 e. The Morgan fingerprint density at radius 3 is 2.28 bits per heavy atom. The molecule has 0 spiro atoms. The van der Waals surface area contributed by atoms with E-state index in [9.17, 15) is 9.90 Å². The summed E-state index contributed by atoms with van der Waals surface area (Å²) in [4.78, 5) is 17.3. The summed E-state index contributed by atoms with van der Waals surface area (Å²) in [5.41, 5.74) is 5.29. The number of aromatic nitrogens is 2. The van der Waals surface area contributed by atoms with E-state index in [0.717, 1.165) is 28.1 Å². The summed E-state index contributed by atoms with van der Waals surface area (Å²) < 4.78 is 7.85. The fraction of sp³-hybridized carbons (Fsp3) is 0.207. The van der Waals surface area contributed by atoms with Crippen LogP contribution in [-0.4, -0.2) is 26.6 Å². The van der Waals surface area contributed by atoms with E-state index in [4.69, 9.17) is 9.57 Å². The van der Waals surface area contributed by atoms with Gasteiger partial charge in [-0.2, -0.15) is 5.10 Å². The van der Waals surface area contributed by atoms with Gasteiger partial charge in [0.15, 0.2) is 0 Å². The van der Waals surface area contributed by atoms with Crippen molar-refractivity contribution in [2.24, 2.45) is 11.1 Å². The van der Waals surface area contributed by atoms with Gasteiger partial charge >= 0.3 is 5.97 Å². The van der Waals surface area contributed by atoms with Crippen molar-refractivity contribution in [1.29, 1.82) is 0 Å². The molecule has 1 N–H and O–H groups in total. The van der Waals surface area contributed by atoms with E-state index in [1.807, 2.05) is 103 Å². The molecule has 4 aromatic rings. The summed E-state index contributed by atoms with van der Waals surface area (Å²) in [6.07, 6.45) is 2.12. The molecule has 0 amide bonds. The van der Waals surface area contributed by atoms with Gasteiger partial charge in [-0.25, -0.2) is 4.68 Å². The molecule has 4 rings (SSSR count). The molecule has 0 aliphatic carbocycles. The summed E-state index contributed by atoms with van der Waals surface area (Å²) >= 11 is 0. The molecule has 1 atom stereocenters. The maximum atomic E-state index is 11.9. The van der Waals surface area contributed by atoms with Crippen molar-refractivity contribution < 1.29 is 19.5 Å². The number of nitrogens with zero attached hydrogens (tertiary/aromatic N) is 3. The lowest BCUT2D eigenvalue weighted by Crippen LogP contribution is -2.24. The van der Waals surface area contributed by atoms with Gasteiger partial charge in [0.1, 0.15) is 24.9 Å². The summed E-state index contributed by atoms with van der Waals surface area (Å²) in [5.74, 6) is -1.01. The Balaban J connectivity index is 1.33. The molecule has 1 aromatic heterocycles. The van der Waals surface area contributed by atoms with E-state index < -0.39 is 11.9 Å². The molecule has 0 radical (unpaired) electrons. The topological polar surface area (TPSA) is 85.9 Å². The van der Waals surface area contributed by atoms with E-state index >= 15 is 0 Å². The third-order valence-corrected chi connectivity index (χ3v) is 5.95. The van der Waals surface area contributed by atoms with Crippen molar-refractivity contribution in [1.82, 2.24) is 9.78 Å². The Kier molecular flexibility index (Phi) is 8.13. The number of carbonyl (C=O) groups is 1. The molecule has 3 aromatic carbocycles. The minimum atomic E-state index is -0.939. The number of oxime groups is 1. The van der Waals surface area contributed by atoms with Crippen LogP contribution in [0.5, 0.6) is 5.75 Å². The normalized spacial score (nSPS) is 12.2. The third-order valence-electron chi connectivity index (χ3n) is 5.95. The minimum absolute atomic E-state index is 0.292. The van der Waals surface area contributed by atoms with Crippen LogP contribution in [0.4, 0.5) is 0 Å². The van der Waals surface area contributed by atoms with Crippen LogP contribution in [0.2, 0.25) is 0 Å². The number of para-hydroxylation sites is 1. The predicted octanol–water partition coefficient (Wildman–Crippen LogP) is 5.60. The van der Waals surface area contributed by atoms with Gasteiger partial charge in [-0.3, -0.25) is 4.79 Å². The second kappa shape index (κ2) is 11.8. The van der Waals surface area contributed by atoms with Gasteiger partial charge in [-0.15, -0.1) is 0 Å². The molecule has 0 fully saturated rings. The van der Waals surface area contributed by atoms with Crippen LogP contribution in [0.3, 0.4) is 0 Å². The minimum Gasteiger partial charge on any atom is -0.489 e. The van der Waals surface area contributed by atoms with Crippen LogP contribution in [0.15, 0.2) is 96.3 Å². The van der Waals surface area contributed by atoms with E-state index in [2.05, 4.69) is 10.3 Å². The van der Waals surface area contributed by atoms with E-state index in [0.29, 0.717) is 31.1 Å². The summed E-state index contributed by atoms with van der Waals surface area (Å²) in [7, 11) is 0. The maximum absolute atomic E-state index is 11.9. The van der Waals surface area contributed by atoms with Crippen LogP contribution in [-0.2, 0) is 29.3 Å². The lowest BCUT2D eigenvalue weighted by Gasteiger charge is -2.13. The van der Waals surface area contributed by atoms with E-state index in [1.165, 1.54) is 0 Å². The first-order chi connectivity index (χ1) is 17.5. The SMILES string of the molecule is C/C(=N\OCc1ccccc1)C(Cc1ccc(OCc2cnn(-c3ccccc3)c2C)cc1)C(=O)O. The van der Waals surface area contributed by atoms with Crippen molar-refractivity contribution in [3.63, 3.8) is 0 Å². The molecule has 0 saturated heterocycles. The largest absolute Gasteiger partial charge is 0.489 e. The number of carboxylic acid groups (broad SMARTS) is 1. The molecule has 184 valence electrons. The highest BCUT2D eigenvalue weighted by molar-refractivity contribution is 6.00. The second-order valence-electron chi connectivity index (χ2n) is 8.52. The monoisotopic (exact) mass is 483 g/mol. The number of hydrogen-bond donors (Lipinski definition) is 1. The Bertz CT molecular complexity index is 1300. The van der Waals surface area contributed by atoms with Crippen molar-refractivity contribution in [2.45, 2.75) is 33.5 Å². The molecule has 7 nitrogen and oxygen atoms in total. The highest BCUT2D eigenvalue weighted by Crippen LogP contribution is 2.20. The summed E-state index contributed by atoms with van der Waals surface area (Å²) in [6.45, 7) is 4.38.